The molecule has 0 aliphatic carbocycles. The molecule has 0 atom stereocenters. The molecule has 0 unspecified atom stereocenters. The van der Waals surface area contributed by atoms with Crippen molar-refractivity contribution in [2.45, 2.75) is 19.0 Å². The van der Waals surface area contributed by atoms with Crippen molar-refractivity contribution in [1.29, 1.82) is 0 Å². The molecule has 1 heterocycles. The van der Waals surface area contributed by atoms with Crippen LogP contribution in [-0.4, -0.2) is 22.7 Å². The summed E-state index contributed by atoms with van der Waals surface area (Å²) in [4.78, 5) is 7.44. The molecule has 84 valence electrons. The Morgan fingerprint density at radius 3 is 2.73 bits per heavy atom. The van der Waals surface area contributed by atoms with Crippen molar-refractivity contribution in [2.75, 3.05) is 17.6 Å². The van der Waals surface area contributed by atoms with Crippen molar-refractivity contribution in [3.05, 3.63) is 12.3 Å². The van der Waals surface area contributed by atoms with E-state index in [1.54, 1.807) is 6.07 Å². The van der Waals surface area contributed by atoms with Gasteiger partial charge < -0.3 is 11.1 Å². The molecule has 1 aromatic heterocycles. The van der Waals surface area contributed by atoms with E-state index in [4.69, 9.17) is 5.73 Å². The molecule has 0 bridgehead atoms. The molecule has 3 N–H and O–H groups in total. The van der Waals surface area contributed by atoms with Gasteiger partial charge in [-0.15, -0.1) is 0 Å². The van der Waals surface area contributed by atoms with E-state index in [-0.39, 0.29) is 18.9 Å². The van der Waals surface area contributed by atoms with Gasteiger partial charge in [0.05, 0.1) is 0 Å². The van der Waals surface area contributed by atoms with Gasteiger partial charge in [0.2, 0.25) is 5.95 Å². The third-order valence-electron chi connectivity index (χ3n) is 1.62. The van der Waals surface area contributed by atoms with Crippen molar-refractivity contribution in [3.63, 3.8) is 0 Å². The summed E-state index contributed by atoms with van der Waals surface area (Å²) in [6.45, 7) is 0.204. The highest BCUT2D eigenvalue weighted by Gasteiger charge is 2.25. The molecule has 15 heavy (non-hydrogen) atoms. The maximum absolute atomic E-state index is 11.8. The van der Waals surface area contributed by atoms with E-state index in [0.717, 1.165) is 0 Å². The summed E-state index contributed by atoms with van der Waals surface area (Å²) in [5, 5.41) is 2.73. The summed E-state index contributed by atoms with van der Waals surface area (Å²) < 4.78 is 35.3. The number of anilines is 2. The number of hydrogen-bond donors (Lipinski definition) is 2. The van der Waals surface area contributed by atoms with Crippen LogP contribution in [-0.2, 0) is 0 Å². The highest BCUT2D eigenvalue weighted by Crippen LogP contribution is 2.21. The Kier molecular flexibility index (Phi) is 3.70. The van der Waals surface area contributed by atoms with E-state index in [9.17, 15) is 13.2 Å². The topological polar surface area (TPSA) is 63.8 Å². The molecule has 0 aliphatic heterocycles. The molecular formula is C8H11F3N4. The number of nitrogen functional groups attached to an aromatic ring is 1. The van der Waals surface area contributed by atoms with E-state index in [0.29, 0.717) is 5.82 Å². The number of nitrogens with two attached hydrogens (primary N) is 1. The van der Waals surface area contributed by atoms with Crippen LogP contribution in [0.5, 0.6) is 0 Å². The largest absolute Gasteiger partial charge is 0.389 e. The molecule has 1 aromatic rings. The molecule has 7 heteroatoms. The molecule has 0 saturated carbocycles. The Morgan fingerprint density at radius 1 is 1.40 bits per heavy atom. The third kappa shape index (κ3) is 5.04. The minimum absolute atomic E-state index is 0.00735. The number of halogens is 3. The van der Waals surface area contributed by atoms with E-state index < -0.39 is 12.6 Å². The van der Waals surface area contributed by atoms with Crippen LogP contribution in [0, 0.1) is 0 Å². The average Bonchev–Trinajstić information content (AvgIpc) is 2.11. The quantitative estimate of drug-likeness (QED) is 0.759. The lowest BCUT2D eigenvalue weighted by Crippen LogP contribution is -2.11. The highest BCUT2D eigenvalue weighted by atomic mass is 19.4. The van der Waals surface area contributed by atoms with Crippen LogP contribution in [0.2, 0.25) is 0 Å². The first kappa shape index (κ1) is 11.5. The Hall–Kier alpha value is -1.53. The summed E-state index contributed by atoms with van der Waals surface area (Å²) in [7, 11) is 0. The minimum Gasteiger partial charge on any atom is -0.370 e. The van der Waals surface area contributed by atoms with Gasteiger partial charge in [0.15, 0.2) is 0 Å². The summed E-state index contributed by atoms with van der Waals surface area (Å²) in [5.41, 5.74) is 5.29. The maximum atomic E-state index is 11.8. The van der Waals surface area contributed by atoms with Crippen molar-refractivity contribution >= 4 is 11.8 Å². The summed E-state index contributed by atoms with van der Waals surface area (Å²) in [6.07, 6.45) is -3.46. The summed E-state index contributed by atoms with van der Waals surface area (Å²) >= 11 is 0. The van der Waals surface area contributed by atoms with Gasteiger partial charge in [0.1, 0.15) is 5.82 Å². The second kappa shape index (κ2) is 4.81. The molecule has 0 aromatic carbocycles. The van der Waals surface area contributed by atoms with Crippen LogP contribution in [0.4, 0.5) is 24.9 Å². The first-order valence-corrected chi connectivity index (χ1v) is 4.36. The standard InChI is InChI=1S/C8H11F3N4/c9-8(10,11)3-1-4-13-6-2-5-14-7(12)15-6/h2,5H,1,3-4H2,(H3,12,13,14,15). The van der Waals surface area contributed by atoms with Crippen LogP contribution in [0.25, 0.3) is 0 Å². The van der Waals surface area contributed by atoms with E-state index >= 15 is 0 Å². The third-order valence-corrected chi connectivity index (χ3v) is 1.62. The van der Waals surface area contributed by atoms with Crippen LogP contribution in [0.15, 0.2) is 12.3 Å². The van der Waals surface area contributed by atoms with Gasteiger partial charge in [-0.05, 0) is 12.5 Å². The Morgan fingerprint density at radius 2 is 2.13 bits per heavy atom. The SMILES string of the molecule is Nc1nccc(NCCCC(F)(F)F)n1. The molecule has 0 amide bonds. The van der Waals surface area contributed by atoms with Gasteiger partial charge in [-0.3, -0.25) is 0 Å². The second-order valence-electron chi connectivity index (χ2n) is 2.95. The van der Waals surface area contributed by atoms with E-state index in [1.807, 2.05) is 0 Å². The van der Waals surface area contributed by atoms with Crippen molar-refractivity contribution in [3.8, 4) is 0 Å². The van der Waals surface area contributed by atoms with Crippen LogP contribution < -0.4 is 11.1 Å². The van der Waals surface area contributed by atoms with Gasteiger partial charge >= 0.3 is 6.18 Å². The van der Waals surface area contributed by atoms with Gasteiger partial charge in [0, 0.05) is 19.2 Å². The molecule has 0 radical (unpaired) electrons. The molecule has 0 spiro atoms. The predicted octanol–water partition coefficient (Wildman–Crippen LogP) is 1.81. The minimum atomic E-state index is -4.10. The fraction of sp³-hybridized carbons (Fsp3) is 0.500. The Bertz CT molecular complexity index is 313. The smallest absolute Gasteiger partial charge is 0.370 e. The maximum Gasteiger partial charge on any atom is 0.389 e. The Balaban J connectivity index is 2.26. The van der Waals surface area contributed by atoms with Crippen LogP contribution in [0.3, 0.4) is 0 Å². The lowest BCUT2D eigenvalue weighted by molar-refractivity contribution is -0.134. The fourth-order valence-corrected chi connectivity index (χ4v) is 0.978. The van der Waals surface area contributed by atoms with E-state index in [2.05, 4.69) is 15.3 Å². The average molecular weight is 220 g/mol. The molecule has 0 saturated heterocycles. The number of hydrogen-bond acceptors (Lipinski definition) is 4. The summed E-state index contributed by atoms with van der Waals surface area (Å²) in [5.74, 6) is 0.528. The lowest BCUT2D eigenvalue weighted by atomic mass is 10.3. The van der Waals surface area contributed by atoms with Gasteiger partial charge in [-0.1, -0.05) is 0 Å². The van der Waals surface area contributed by atoms with Crippen LogP contribution in [0.1, 0.15) is 12.8 Å². The number of nitrogens with zero attached hydrogens (tertiary/aromatic N) is 2. The molecule has 1 rings (SSSR count). The lowest BCUT2D eigenvalue weighted by Gasteiger charge is -2.07. The molecule has 0 fully saturated rings. The normalized spacial score (nSPS) is 11.4. The molecule has 4 nitrogen and oxygen atoms in total. The van der Waals surface area contributed by atoms with Gasteiger partial charge in [-0.25, -0.2) is 4.98 Å². The van der Waals surface area contributed by atoms with Gasteiger partial charge in [0.25, 0.3) is 0 Å². The monoisotopic (exact) mass is 220 g/mol. The number of nitrogens with one attached hydrogen (secondary N) is 1. The van der Waals surface area contributed by atoms with Gasteiger partial charge in [-0.2, -0.15) is 18.2 Å². The Labute approximate surface area is 84.7 Å². The van der Waals surface area contributed by atoms with Crippen molar-refractivity contribution < 1.29 is 13.2 Å². The molecular weight excluding hydrogens is 209 g/mol. The second-order valence-corrected chi connectivity index (χ2v) is 2.95. The summed E-state index contributed by atoms with van der Waals surface area (Å²) in [6, 6.07) is 1.55. The molecule has 0 aliphatic rings. The highest BCUT2D eigenvalue weighted by molar-refractivity contribution is 5.36. The van der Waals surface area contributed by atoms with Crippen molar-refractivity contribution in [2.24, 2.45) is 0 Å². The zero-order valence-electron chi connectivity index (χ0n) is 7.88. The first-order chi connectivity index (χ1) is 6.97. The fourth-order valence-electron chi connectivity index (χ4n) is 0.978. The predicted molar refractivity (Wildman–Crippen MR) is 50.2 cm³/mol. The van der Waals surface area contributed by atoms with Crippen LogP contribution >= 0.6 is 0 Å². The van der Waals surface area contributed by atoms with E-state index in [1.165, 1.54) is 6.20 Å². The number of rotatable bonds is 4. The zero-order chi connectivity index (χ0) is 11.3. The zero-order valence-corrected chi connectivity index (χ0v) is 7.88. The number of alkyl halides is 3. The van der Waals surface area contributed by atoms with Crippen molar-refractivity contribution in [1.82, 2.24) is 9.97 Å². The number of aromatic nitrogens is 2. The first-order valence-electron chi connectivity index (χ1n) is 4.36.